The van der Waals surface area contributed by atoms with Crippen molar-refractivity contribution in [2.45, 2.75) is 26.3 Å². The number of benzene rings is 1. The van der Waals surface area contributed by atoms with Crippen LogP contribution in [0.15, 0.2) is 36.7 Å². The van der Waals surface area contributed by atoms with E-state index in [0.29, 0.717) is 23.2 Å². The van der Waals surface area contributed by atoms with Gasteiger partial charge in [0.25, 0.3) is 11.8 Å². The van der Waals surface area contributed by atoms with E-state index in [1.807, 2.05) is 6.07 Å². The van der Waals surface area contributed by atoms with Crippen LogP contribution in [0, 0.1) is 6.92 Å². The molecule has 0 aliphatic heterocycles. The Hall–Kier alpha value is -3.07. The quantitative estimate of drug-likeness (QED) is 0.602. The molecule has 1 aromatic carbocycles. The van der Waals surface area contributed by atoms with Crippen molar-refractivity contribution in [2.24, 2.45) is 0 Å². The van der Waals surface area contributed by atoms with Crippen molar-refractivity contribution in [3.05, 3.63) is 53.5 Å². The molecule has 0 spiro atoms. The van der Waals surface area contributed by atoms with Gasteiger partial charge in [-0.05, 0) is 30.2 Å². The molecule has 3 aromatic rings. The van der Waals surface area contributed by atoms with Gasteiger partial charge in [-0.1, -0.05) is 12.1 Å². The summed E-state index contributed by atoms with van der Waals surface area (Å²) in [6, 6.07) is 7.01. The highest BCUT2D eigenvalue weighted by Gasteiger charge is 2.22. The standard InChI is InChI=1S/C20H22F2N4O3/c1-13-9-14(3-4-17(13)29-12-20(2,21)22)10-26-11-15-16(25-26)5-6-23-18(15)19(28)24-7-8-27/h3-6,9,11,27H,7-8,10,12H2,1-2H3,(H,24,28). The van der Waals surface area contributed by atoms with Crippen LogP contribution >= 0.6 is 0 Å². The lowest BCUT2D eigenvalue weighted by Gasteiger charge is -2.14. The number of nitrogens with zero attached hydrogens (tertiary/aromatic N) is 3. The molecule has 0 aliphatic rings. The number of aliphatic hydroxyl groups excluding tert-OH is 1. The van der Waals surface area contributed by atoms with E-state index in [0.717, 1.165) is 18.1 Å². The number of hydrogen-bond acceptors (Lipinski definition) is 5. The van der Waals surface area contributed by atoms with E-state index < -0.39 is 12.5 Å². The number of nitrogens with one attached hydrogen (secondary N) is 1. The molecule has 0 aliphatic carbocycles. The average molecular weight is 404 g/mol. The van der Waals surface area contributed by atoms with Crippen LogP contribution in [0.3, 0.4) is 0 Å². The molecule has 154 valence electrons. The van der Waals surface area contributed by atoms with Crippen LogP contribution in [0.25, 0.3) is 10.9 Å². The lowest BCUT2D eigenvalue weighted by atomic mass is 10.1. The summed E-state index contributed by atoms with van der Waals surface area (Å²) in [5, 5.41) is 16.5. The van der Waals surface area contributed by atoms with Gasteiger partial charge < -0.3 is 15.2 Å². The Morgan fingerprint density at radius 1 is 1.34 bits per heavy atom. The maximum Gasteiger partial charge on any atom is 0.278 e. The highest BCUT2D eigenvalue weighted by atomic mass is 19.3. The minimum absolute atomic E-state index is 0.142. The summed E-state index contributed by atoms with van der Waals surface area (Å²) >= 11 is 0. The fraction of sp³-hybridized carbons (Fsp3) is 0.350. The summed E-state index contributed by atoms with van der Waals surface area (Å²) < 4.78 is 32.8. The fourth-order valence-electron chi connectivity index (χ4n) is 2.87. The normalized spacial score (nSPS) is 11.6. The second-order valence-corrected chi connectivity index (χ2v) is 6.86. The summed E-state index contributed by atoms with van der Waals surface area (Å²) in [5.74, 6) is -2.86. The van der Waals surface area contributed by atoms with Gasteiger partial charge in [0.1, 0.15) is 11.4 Å². The molecule has 0 bridgehead atoms. The van der Waals surface area contributed by atoms with Gasteiger partial charge in [0.2, 0.25) is 0 Å². The van der Waals surface area contributed by atoms with Crippen molar-refractivity contribution in [1.29, 1.82) is 0 Å². The van der Waals surface area contributed by atoms with Gasteiger partial charge in [0.05, 0.1) is 24.1 Å². The molecule has 7 nitrogen and oxygen atoms in total. The number of fused-ring (bicyclic) bond motifs is 1. The molecular formula is C20H22F2N4O3. The number of rotatable bonds is 8. The van der Waals surface area contributed by atoms with Crippen molar-refractivity contribution in [3.63, 3.8) is 0 Å². The van der Waals surface area contributed by atoms with Gasteiger partial charge in [0, 0.05) is 25.9 Å². The van der Waals surface area contributed by atoms with E-state index in [4.69, 9.17) is 9.84 Å². The van der Waals surface area contributed by atoms with Crippen LogP contribution in [-0.2, 0) is 6.54 Å². The molecule has 0 atom stereocenters. The van der Waals surface area contributed by atoms with Crippen molar-refractivity contribution >= 4 is 16.8 Å². The average Bonchev–Trinajstić information content (AvgIpc) is 3.07. The molecule has 0 saturated heterocycles. The number of pyridine rings is 1. The molecule has 2 aromatic heterocycles. The number of alkyl halides is 2. The number of aromatic nitrogens is 3. The lowest BCUT2D eigenvalue weighted by Crippen LogP contribution is -2.27. The van der Waals surface area contributed by atoms with Crippen molar-refractivity contribution < 1.29 is 23.4 Å². The van der Waals surface area contributed by atoms with Gasteiger partial charge in [-0.15, -0.1) is 0 Å². The third kappa shape index (κ3) is 5.26. The first-order valence-corrected chi connectivity index (χ1v) is 9.08. The Kier molecular flexibility index (Phi) is 6.07. The largest absolute Gasteiger partial charge is 0.487 e. The highest BCUT2D eigenvalue weighted by molar-refractivity contribution is 6.04. The van der Waals surface area contributed by atoms with Crippen LogP contribution in [0.1, 0.15) is 28.5 Å². The van der Waals surface area contributed by atoms with Gasteiger partial charge in [-0.25, -0.2) is 8.78 Å². The van der Waals surface area contributed by atoms with Gasteiger partial charge in [-0.3, -0.25) is 14.5 Å². The van der Waals surface area contributed by atoms with E-state index in [9.17, 15) is 13.6 Å². The Labute approximate surface area is 166 Å². The summed E-state index contributed by atoms with van der Waals surface area (Å²) in [5.41, 5.74) is 2.51. The van der Waals surface area contributed by atoms with E-state index >= 15 is 0 Å². The Bertz CT molecular complexity index is 1010. The fourth-order valence-corrected chi connectivity index (χ4v) is 2.87. The minimum Gasteiger partial charge on any atom is -0.487 e. The van der Waals surface area contributed by atoms with Gasteiger partial charge in [-0.2, -0.15) is 5.10 Å². The first-order valence-electron chi connectivity index (χ1n) is 9.08. The number of aliphatic hydroxyl groups is 1. The zero-order valence-corrected chi connectivity index (χ0v) is 16.2. The maximum atomic E-state index is 13.0. The topological polar surface area (TPSA) is 89.3 Å². The molecule has 0 saturated carbocycles. The smallest absolute Gasteiger partial charge is 0.278 e. The Balaban J connectivity index is 1.78. The molecule has 9 heteroatoms. The number of aryl methyl sites for hydroxylation is 1. The Morgan fingerprint density at radius 3 is 2.83 bits per heavy atom. The molecule has 1 amide bonds. The monoisotopic (exact) mass is 404 g/mol. The van der Waals surface area contributed by atoms with Crippen LogP contribution in [0.2, 0.25) is 0 Å². The first-order chi connectivity index (χ1) is 13.8. The molecule has 0 fully saturated rings. The zero-order chi connectivity index (χ0) is 21.0. The number of ether oxygens (including phenoxy) is 1. The first kappa shape index (κ1) is 20.7. The minimum atomic E-state index is -2.89. The molecule has 29 heavy (non-hydrogen) atoms. The SMILES string of the molecule is Cc1cc(Cn2cc3c(C(=O)NCCO)nccc3n2)ccc1OCC(C)(F)F. The summed E-state index contributed by atoms with van der Waals surface area (Å²) in [6.07, 6.45) is 3.24. The third-order valence-corrected chi connectivity index (χ3v) is 4.16. The summed E-state index contributed by atoms with van der Waals surface area (Å²) in [6.45, 7) is 2.34. The Morgan fingerprint density at radius 2 is 2.14 bits per heavy atom. The highest BCUT2D eigenvalue weighted by Crippen LogP contribution is 2.23. The van der Waals surface area contributed by atoms with E-state index in [1.165, 1.54) is 6.20 Å². The number of hydrogen-bond donors (Lipinski definition) is 2. The molecule has 0 unspecified atom stereocenters. The molecule has 3 rings (SSSR count). The second-order valence-electron chi connectivity index (χ2n) is 6.86. The predicted molar refractivity (Wildman–Crippen MR) is 103 cm³/mol. The zero-order valence-electron chi connectivity index (χ0n) is 16.2. The summed E-state index contributed by atoms with van der Waals surface area (Å²) in [4.78, 5) is 16.3. The lowest BCUT2D eigenvalue weighted by molar-refractivity contribution is -0.0231. The second kappa shape index (κ2) is 8.52. The van der Waals surface area contributed by atoms with Crippen LogP contribution in [-0.4, -0.2) is 51.5 Å². The third-order valence-electron chi connectivity index (χ3n) is 4.16. The number of carbonyl (C=O) groups is 1. The molecule has 2 N–H and O–H groups in total. The predicted octanol–water partition coefficient (Wildman–Crippen LogP) is 2.54. The van der Waals surface area contributed by atoms with Crippen molar-refractivity contribution in [2.75, 3.05) is 19.8 Å². The van der Waals surface area contributed by atoms with Crippen molar-refractivity contribution in [1.82, 2.24) is 20.1 Å². The number of amides is 1. The van der Waals surface area contributed by atoms with E-state index in [1.54, 1.807) is 36.0 Å². The van der Waals surface area contributed by atoms with Crippen LogP contribution in [0.5, 0.6) is 5.75 Å². The summed E-state index contributed by atoms with van der Waals surface area (Å²) in [7, 11) is 0. The van der Waals surface area contributed by atoms with E-state index in [-0.39, 0.29) is 24.8 Å². The number of carbonyl (C=O) groups excluding carboxylic acids is 1. The van der Waals surface area contributed by atoms with Gasteiger partial charge in [0.15, 0.2) is 6.61 Å². The maximum absolute atomic E-state index is 13.0. The van der Waals surface area contributed by atoms with E-state index in [2.05, 4.69) is 15.4 Å². The van der Waals surface area contributed by atoms with Crippen molar-refractivity contribution in [3.8, 4) is 5.75 Å². The van der Waals surface area contributed by atoms with Gasteiger partial charge >= 0.3 is 0 Å². The van der Waals surface area contributed by atoms with Crippen LogP contribution < -0.4 is 10.1 Å². The molecule has 2 heterocycles. The number of halogens is 2. The van der Waals surface area contributed by atoms with Crippen LogP contribution in [0.4, 0.5) is 8.78 Å². The molecule has 0 radical (unpaired) electrons. The molecular weight excluding hydrogens is 382 g/mol.